The van der Waals surface area contributed by atoms with Gasteiger partial charge in [-0.05, 0) is 26.8 Å². The minimum atomic E-state index is -0.401. The Bertz CT molecular complexity index is 485. The van der Waals surface area contributed by atoms with Crippen LogP contribution in [0, 0.1) is 17.0 Å². The number of rotatable bonds is 7. The van der Waals surface area contributed by atoms with Crippen molar-refractivity contribution in [1.29, 1.82) is 0 Å². The number of anilines is 1. The van der Waals surface area contributed by atoms with Crippen LogP contribution >= 0.6 is 0 Å². The number of nitro benzene ring substituents is 1. The highest BCUT2D eigenvalue weighted by Crippen LogP contribution is 2.24. The molecule has 0 aliphatic rings. The van der Waals surface area contributed by atoms with Crippen molar-refractivity contribution in [3.05, 3.63) is 33.9 Å². The number of nitrogens with one attached hydrogen (secondary N) is 1. The van der Waals surface area contributed by atoms with E-state index in [1.165, 1.54) is 6.07 Å². The molecule has 0 heterocycles. The summed E-state index contributed by atoms with van der Waals surface area (Å²) in [5.74, 6) is 0.0885. The van der Waals surface area contributed by atoms with Crippen molar-refractivity contribution in [2.24, 2.45) is 0 Å². The van der Waals surface area contributed by atoms with Gasteiger partial charge in [-0.2, -0.15) is 0 Å². The Morgan fingerprint density at radius 3 is 2.55 bits per heavy atom. The topological polar surface area (TPSA) is 75.5 Å². The zero-order chi connectivity index (χ0) is 15.1. The molecule has 0 saturated carbocycles. The first-order valence-electron chi connectivity index (χ1n) is 6.76. The van der Waals surface area contributed by atoms with E-state index < -0.39 is 4.92 Å². The fourth-order valence-electron chi connectivity index (χ4n) is 2.05. The van der Waals surface area contributed by atoms with E-state index >= 15 is 0 Å². The van der Waals surface area contributed by atoms with E-state index in [0.717, 1.165) is 0 Å². The lowest BCUT2D eigenvalue weighted by Gasteiger charge is -2.19. The van der Waals surface area contributed by atoms with Gasteiger partial charge in [-0.25, -0.2) is 0 Å². The third-order valence-electron chi connectivity index (χ3n) is 3.27. The molecule has 1 aromatic carbocycles. The average Bonchev–Trinajstić information content (AvgIpc) is 2.41. The summed E-state index contributed by atoms with van der Waals surface area (Å²) in [5.41, 5.74) is 1.38. The highest BCUT2D eigenvalue weighted by atomic mass is 16.6. The molecule has 0 aliphatic carbocycles. The average molecular weight is 279 g/mol. The summed E-state index contributed by atoms with van der Waals surface area (Å²) in [6.45, 7) is 7.46. The van der Waals surface area contributed by atoms with Crippen LogP contribution in [0.15, 0.2) is 18.2 Å². The zero-order valence-corrected chi connectivity index (χ0v) is 12.2. The van der Waals surface area contributed by atoms with Crippen LogP contribution in [0.3, 0.4) is 0 Å². The largest absolute Gasteiger partial charge is 0.384 e. The predicted molar refractivity (Wildman–Crippen MR) is 78.9 cm³/mol. The van der Waals surface area contributed by atoms with E-state index in [-0.39, 0.29) is 11.6 Å². The monoisotopic (exact) mass is 279 g/mol. The number of amides is 1. The molecule has 20 heavy (non-hydrogen) atoms. The Kier molecular flexibility index (Phi) is 5.96. The molecule has 0 saturated heterocycles. The summed E-state index contributed by atoms with van der Waals surface area (Å²) < 4.78 is 0. The molecule has 0 atom stereocenters. The highest BCUT2D eigenvalue weighted by molar-refractivity contribution is 5.76. The van der Waals surface area contributed by atoms with Gasteiger partial charge in [0.25, 0.3) is 5.69 Å². The summed E-state index contributed by atoms with van der Waals surface area (Å²) in [5, 5.41) is 13.9. The molecule has 0 unspecified atom stereocenters. The third kappa shape index (κ3) is 3.94. The second-order valence-electron chi connectivity index (χ2n) is 4.45. The second kappa shape index (κ2) is 7.47. The summed E-state index contributed by atoms with van der Waals surface area (Å²) in [7, 11) is 0. The fourth-order valence-corrected chi connectivity index (χ4v) is 2.05. The molecular weight excluding hydrogens is 258 g/mol. The molecule has 1 amide bonds. The summed E-state index contributed by atoms with van der Waals surface area (Å²) >= 11 is 0. The van der Waals surface area contributed by atoms with E-state index in [4.69, 9.17) is 0 Å². The first kappa shape index (κ1) is 15.9. The molecule has 0 radical (unpaired) electrons. The molecule has 0 aliphatic heterocycles. The first-order valence-corrected chi connectivity index (χ1v) is 6.76. The maximum absolute atomic E-state index is 11.8. The number of benzene rings is 1. The SMILES string of the molecule is CCN(CC)C(=O)CCNc1cccc([N+](=O)[O-])c1C. The van der Waals surface area contributed by atoms with Crippen molar-refractivity contribution in [3.63, 3.8) is 0 Å². The number of hydrogen-bond donors (Lipinski definition) is 1. The van der Waals surface area contributed by atoms with Crippen LogP contribution in [-0.2, 0) is 4.79 Å². The first-order chi connectivity index (χ1) is 9.51. The van der Waals surface area contributed by atoms with Crippen LogP contribution in [0.1, 0.15) is 25.8 Å². The second-order valence-corrected chi connectivity index (χ2v) is 4.45. The fraction of sp³-hybridized carbons (Fsp3) is 0.500. The Morgan fingerprint density at radius 1 is 1.35 bits per heavy atom. The number of nitrogens with zero attached hydrogens (tertiary/aromatic N) is 2. The van der Waals surface area contributed by atoms with E-state index in [2.05, 4.69) is 5.32 Å². The lowest BCUT2D eigenvalue weighted by atomic mass is 10.1. The Hall–Kier alpha value is -2.11. The lowest BCUT2D eigenvalue weighted by Crippen LogP contribution is -2.31. The van der Waals surface area contributed by atoms with E-state index in [9.17, 15) is 14.9 Å². The van der Waals surface area contributed by atoms with Gasteiger partial charge in [0.15, 0.2) is 0 Å². The van der Waals surface area contributed by atoms with Gasteiger partial charge in [0.1, 0.15) is 0 Å². The Balaban J connectivity index is 2.61. The van der Waals surface area contributed by atoms with Gasteiger partial charge in [-0.1, -0.05) is 6.07 Å². The van der Waals surface area contributed by atoms with Gasteiger partial charge in [0.2, 0.25) is 5.91 Å². The van der Waals surface area contributed by atoms with Crippen LogP contribution in [0.25, 0.3) is 0 Å². The van der Waals surface area contributed by atoms with E-state index in [0.29, 0.717) is 37.3 Å². The molecular formula is C14H21N3O3. The highest BCUT2D eigenvalue weighted by Gasteiger charge is 2.13. The minimum absolute atomic E-state index is 0.0880. The van der Waals surface area contributed by atoms with Crippen molar-refractivity contribution in [2.75, 3.05) is 25.0 Å². The molecule has 0 fully saturated rings. The molecule has 1 N–H and O–H groups in total. The summed E-state index contributed by atoms with van der Waals surface area (Å²) in [6.07, 6.45) is 0.379. The van der Waals surface area contributed by atoms with Gasteiger partial charge >= 0.3 is 0 Å². The van der Waals surface area contributed by atoms with Gasteiger partial charge in [0, 0.05) is 43.4 Å². The van der Waals surface area contributed by atoms with Crippen molar-refractivity contribution in [1.82, 2.24) is 4.90 Å². The lowest BCUT2D eigenvalue weighted by molar-refractivity contribution is -0.385. The van der Waals surface area contributed by atoms with Crippen molar-refractivity contribution in [3.8, 4) is 0 Å². The van der Waals surface area contributed by atoms with Crippen LogP contribution in [0.5, 0.6) is 0 Å². The normalized spacial score (nSPS) is 10.2. The smallest absolute Gasteiger partial charge is 0.274 e. The van der Waals surface area contributed by atoms with Crippen LogP contribution in [-0.4, -0.2) is 35.4 Å². The molecule has 0 bridgehead atoms. The van der Waals surface area contributed by atoms with Crippen LogP contribution in [0.2, 0.25) is 0 Å². The zero-order valence-electron chi connectivity index (χ0n) is 12.2. The Labute approximate surface area is 118 Å². The molecule has 1 aromatic rings. The van der Waals surface area contributed by atoms with Gasteiger partial charge in [0.05, 0.1) is 4.92 Å². The number of carbonyl (C=O) groups is 1. The maximum Gasteiger partial charge on any atom is 0.274 e. The van der Waals surface area contributed by atoms with Gasteiger partial charge < -0.3 is 10.2 Å². The molecule has 110 valence electrons. The Morgan fingerprint density at radius 2 is 2.00 bits per heavy atom. The number of nitro groups is 1. The van der Waals surface area contributed by atoms with Crippen molar-refractivity contribution >= 4 is 17.3 Å². The number of hydrogen-bond acceptors (Lipinski definition) is 4. The van der Waals surface area contributed by atoms with E-state index in [1.54, 1.807) is 24.0 Å². The van der Waals surface area contributed by atoms with Gasteiger partial charge in [-0.15, -0.1) is 0 Å². The van der Waals surface area contributed by atoms with Gasteiger partial charge in [-0.3, -0.25) is 14.9 Å². The molecule has 0 aromatic heterocycles. The maximum atomic E-state index is 11.8. The van der Waals surface area contributed by atoms with E-state index in [1.807, 2.05) is 13.8 Å². The third-order valence-corrected chi connectivity index (χ3v) is 3.27. The van der Waals surface area contributed by atoms with Crippen molar-refractivity contribution < 1.29 is 9.72 Å². The molecule has 0 spiro atoms. The van der Waals surface area contributed by atoms with Crippen molar-refractivity contribution in [2.45, 2.75) is 27.2 Å². The summed E-state index contributed by atoms with van der Waals surface area (Å²) in [6, 6.07) is 4.89. The molecule has 6 nitrogen and oxygen atoms in total. The van der Waals surface area contributed by atoms with Crippen LogP contribution < -0.4 is 5.32 Å². The number of carbonyl (C=O) groups excluding carboxylic acids is 1. The molecule has 6 heteroatoms. The van der Waals surface area contributed by atoms with Crippen LogP contribution in [0.4, 0.5) is 11.4 Å². The standard InChI is InChI=1S/C14H21N3O3/c1-4-16(5-2)14(18)9-10-15-12-7-6-8-13(11(12)3)17(19)20/h6-8,15H,4-5,9-10H2,1-3H3. The summed E-state index contributed by atoms with van der Waals surface area (Å²) in [4.78, 5) is 24.0. The quantitative estimate of drug-likeness (QED) is 0.615. The molecule has 1 rings (SSSR count). The predicted octanol–water partition coefficient (Wildman–Crippen LogP) is 2.57. The minimum Gasteiger partial charge on any atom is -0.384 e.